The molecule has 2 fully saturated rings. The Morgan fingerprint density at radius 1 is 1.19 bits per heavy atom. The molecule has 2 aliphatic heterocycles. The van der Waals surface area contributed by atoms with Gasteiger partial charge in [0.2, 0.25) is 0 Å². The highest BCUT2D eigenvalue weighted by Gasteiger charge is 2.33. The van der Waals surface area contributed by atoms with Crippen molar-refractivity contribution in [2.75, 3.05) is 33.4 Å². The van der Waals surface area contributed by atoms with E-state index in [1.807, 2.05) is 40.8 Å². The standard InChI is InChI=1S/C19H23N3O4/c1-20-16-4-3-15(25-2)11-13(16)12-17(20)18(23)21-7-5-14(6-8-21)22-9-10-26-19(22)24/h3-4,11-12,14H,5-10H2,1-2H3. The van der Waals surface area contributed by atoms with Crippen molar-refractivity contribution >= 4 is 22.9 Å². The van der Waals surface area contributed by atoms with Gasteiger partial charge in [-0.25, -0.2) is 4.79 Å². The number of methoxy groups -OCH3 is 1. The number of hydrogen-bond donors (Lipinski definition) is 0. The SMILES string of the molecule is COc1ccc2c(c1)cc(C(=O)N1CCC(N3CCOC3=O)CC1)n2C. The molecule has 2 saturated heterocycles. The van der Waals surface area contributed by atoms with Crippen LogP contribution in [0.4, 0.5) is 4.79 Å². The molecule has 3 heterocycles. The van der Waals surface area contributed by atoms with Gasteiger partial charge in [0, 0.05) is 37.1 Å². The Balaban J connectivity index is 1.49. The van der Waals surface area contributed by atoms with Crippen LogP contribution in [0.3, 0.4) is 0 Å². The summed E-state index contributed by atoms with van der Waals surface area (Å²) in [5.41, 5.74) is 1.68. The minimum absolute atomic E-state index is 0.0325. The molecule has 0 saturated carbocycles. The van der Waals surface area contributed by atoms with Crippen molar-refractivity contribution in [2.45, 2.75) is 18.9 Å². The molecule has 0 N–H and O–H groups in total. The number of benzene rings is 1. The molecule has 138 valence electrons. The quantitative estimate of drug-likeness (QED) is 0.845. The highest BCUT2D eigenvalue weighted by molar-refractivity contribution is 5.99. The third-order valence-corrected chi connectivity index (χ3v) is 5.45. The van der Waals surface area contributed by atoms with Gasteiger partial charge in [0.25, 0.3) is 5.91 Å². The van der Waals surface area contributed by atoms with E-state index >= 15 is 0 Å². The average Bonchev–Trinajstić information content (AvgIpc) is 3.24. The fourth-order valence-electron chi connectivity index (χ4n) is 3.94. The number of rotatable bonds is 3. The van der Waals surface area contributed by atoms with Crippen molar-refractivity contribution in [3.8, 4) is 5.75 Å². The van der Waals surface area contributed by atoms with Gasteiger partial charge in [0.1, 0.15) is 18.1 Å². The zero-order valence-corrected chi connectivity index (χ0v) is 15.1. The first-order valence-corrected chi connectivity index (χ1v) is 8.94. The highest BCUT2D eigenvalue weighted by atomic mass is 16.6. The number of cyclic esters (lactones) is 1. The Morgan fingerprint density at radius 2 is 1.96 bits per heavy atom. The monoisotopic (exact) mass is 357 g/mol. The molecule has 0 spiro atoms. The van der Waals surface area contributed by atoms with Gasteiger partial charge in [-0.1, -0.05) is 0 Å². The number of aryl methyl sites for hydroxylation is 1. The van der Waals surface area contributed by atoms with E-state index in [0.29, 0.717) is 31.9 Å². The fourth-order valence-corrected chi connectivity index (χ4v) is 3.94. The van der Waals surface area contributed by atoms with Gasteiger partial charge in [-0.3, -0.25) is 4.79 Å². The van der Waals surface area contributed by atoms with Crippen LogP contribution in [0.2, 0.25) is 0 Å². The molecule has 0 aliphatic carbocycles. The van der Waals surface area contributed by atoms with E-state index in [4.69, 9.17) is 9.47 Å². The Kier molecular flexibility index (Phi) is 4.22. The second-order valence-corrected chi connectivity index (χ2v) is 6.84. The minimum Gasteiger partial charge on any atom is -0.497 e. The Labute approximate surface area is 152 Å². The van der Waals surface area contributed by atoms with Crippen molar-refractivity contribution in [1.29, 1.82) is 0 Å². The lowest BCUT2D eigenvalue weighted by molar-refractivity contribution is 0.0650. The number of ether oxygens (including phenoxy) is 2. The van der Waals surface area contributed by atoms with E-state index in [0.717, 1.165) is 29.5 Å². The van der Waals surface area contributed by atoms with Gasteiger partial charge in [-0.15, -0.1) is 0 Å². The van der Waals surface area contributed by atoms with Crippen LogP contribution in [-0.2, 0) is 11.8 Å². The number of carbonyl (C=O) groups excluding carboxylic acids is 2. The van der Waals surface area contributed by atoms with Gasteiger partial charge in [-0.05, 0) is 37.1 Å². The molecule has 1 aromatic heterocycles. The third-order valence-electron chi connectivity index (χ3n) is 5.45. The second-order valence-electron chi connectivity index (χ2n) is 6.84. The first-order chi connectivity index (χ1) is 12.6. The summed E-state index contributed by atoms with van der Waals surface area (Å²) in [7, 11) is 3.55. The molecule has 0 radical (unpaired) electrons. The highest BCUT2D eigenvalue weighted by Crippen LogP contribution is 2.26. The third kappa shape index (κ3) is 2.77. The Bertz CT molecular complexity index is 852. The van der Waals surface area contributed by atoms with Gasteiger partial charge in [-0.2, -0.15) is 0 Å². The Morgan fingerprint density at radius 3 is 2.62 bits per heavy atom. The van der Waals surface area contributed by atoms with E-state index in [9.17, 15) is 9.59 Å². The zero-order valence-electron chi connectivity index (χ0n) is 15.1. The predicted octanol–water partition coefficient (Wildman–Crippen LogP) is 2.24. The van der Waals surface area contributed by atoms with Crippen LogP contribution in [0.1, 0.15) is 23.3 Å². The number of fused-ring (bicyclic) bond motifs is 1. The van der Waals surface area contributed by atoms with E-state index in [1.165, 1.54) is 0 Å². The smallest absolute Gasteiger partial charge is 0.410 e. The second kappa shape index (κ2) is 6.55. The summed E-state index contributed by atoms with van der Waals surface area (Å²) in [6, 6.07) is 7.90. The van der Waals surface area contributed by atoms with Crippen LogP contribution in [0, 0.1) is 0 Å². The van der Waals surface area contributed by atoms with Crippen LogP contribution in [0.15, 0.2) is 24.3 Å². The number of carbonyl (C=O) groups is 2. The van der Waals surface area contributed by atoms with Crippen molar-refractivity contribution in [3.05, 3.63) is 30.0 Å². The van der Waals surface area contributed by atoms with Crippen molar-refractivity contribution < 1.29 is 19.1 Å². The summed E-state index contributed by atoms with van der Waals surface area (Å²) in [5, 5.41) is 0.991. The summed E-state index contributed by atoms with van der Waals surface area (Å²) in [4.78, 5) is 28.4. The lowest BCUT2D eigenvalue weighted by Gasteiger charge is -2.35. The zero-order chi connectivity index (χ0) is 18.3. The number of piperidine rings is 1. The molecule has 2 aromatic rings. The molecule has 2 amide bonds. The largest absolute Gasteiger partial charge is 0.497 e. The Hall–Kier alpha value is -2.70. The molecule has 7 heteroatoms. The lowest BCUT2D eigenvalue weighted by atomic mass is 10.0. The lowest BCUT2D eigenvalue weighted by Crippen LogP contribution is -2.47. The van der Waals surface area contributed by atoms with E-state index in [-0.39, 0.29) is 18.0 Å². The number of amides is 2. The molecule has 7 nitrogen and oxygen atoms in total. The summed E-state index contributed by atoms with van der Waals surface area (Å²) in [6.45, 7) is 2.43. The van der Waals surface area contributed by atoms with Gasteiger partial charge >= 0.3 is 6.09 Å². The maximum absolute atomic E-state index is 13.0. The molecule has 4 rings (SSSR count). The maximum Gasteiger partial charge on any atom is 0.410 e. The minimum atomic E-state index is -0.225. The van der Waals surface area contributed by atoms with Crippen LogP contribution >= 0.6 is 0 Å². The number of likely N-dealkylation sites (tertiary alicyclic amines) is 1. The molecule has 26 heavy (non-hydrogen) atoms. The molecular formula is C19H23N3O4. The van der Waals surface area contributed by atoms with Gasteiger partial charge in [0.15, 0.2) is 0 Å². The van der Waals surface area contributed by atoms with Crippen LogP contribution < -0.4 is 4.74 Å². The molecule has 1 aromatic carbocycles. The number of aromatic nitrogens is 1. The maximum atomic E-state index is 13.0. The number of nitrogens with zero attached hydrogens (tertiary/aromatic N) is 3. The van der Waals surface area contributed by atoms with Crippen LogP contribution in [-0.4, -0.2) is 65.8 Å². The molecule has 0 unspecified atom stereocenters. The van der Waals surface area contributed by atoms with E-state index in [2.05, 4.69) is 0 Å². The summed E-state index contributed by atoms with van der Waals surface area (Å²) in [5.74, 6) is 0.811. The average molecular weight is 357 g/mol. The van der Waals surface area contributed by atoms with E-state index < -0.39 is 0 Å². The van der Waals surface area contributed by atoms with Gasteiger partial charge < -0.3 is 23.8 Å². The normalized spacial score (nSPS) is 18.5. The van der Waals surface area contributed by atoms with E-state index in [1.54, 1.807) is 12.0 Å². The topological polar surface area (TPSA) is 64.0 Å². The molecule has 0 bridgehead atoms. The van der Waals surface area contributed by atoms with Gasteiger partial charge in [0.05, 0.1) is 13.7 Å². The first kappa shape index (κ1) is 16.8. The first-order valence-electron chi connectivity index (χ1n) is 8.94. The molecular weight excluding hydrogens is 334 g/mol. The van der Waals surface area contributed by atoms with Crippen molar-refractivity contribution in [1.82, 2.24) is 14.4 Å². The van der Waals surface area contributed by atoms with Crippen molar-refractivity contribution in [3.63, 3.8) is 0 Å². The summed E-state index contributed by atoms with van der Waals surface area (Å²) >= 11 is 0. The summed E-state index contributed by atoms with van der Waals surface area (Å²) < 4.78 is 12.2. The van der Waals surface area contributed by atoms with Crippen molar-refractivity contribution in [2.24, 2.45) is 7.05 Å². The fraction of sp³-hybridized carbons (Fsp3) is 0.474. The summed E-state index contributed by atoms with van der Waals surface area (Å²) in [6.07, 6.45) is 1.36. The van der Waals surface area contributed by atoms with Crippen LogP contribution in [0.25, 0.3) is 10.9 Å². The molecule has 2 aliphatic rings. The van der Waals surface area contributed by atoms with Crippen LogP contribution in [0.5, 0.6) is 5.75 Å². The predicted molar refractivity (Wildman–Crippen MR) is 96.5 cm³/mol. The number of hydrogen-bond acceptors (Lipinski definition) is 4. The molecule has 0 atom stereocenters.